The minimum absolute atomic E-state index is 1.26. The predicted molar refractivity (Wildman–Crippen MR) is 88.3 cm³/mol. The second kappa shape index (κ2) is 15.2. The van der Waals surface area contributed by atoms with Crippen LogP contribution in [0.15, 0.2) is 0 Å². The first-order valence-electron chi connectivity index (χ1n) is 8.49. The van der Waals surface area contributed by atoms with E-state index in [-0.39, 0.29) is 0 Å². The second-order valence-electron chi connectivity index (χ2n) is 5.84. The average molecular weight is 272 g/mol. The summed E-state index contributed by atoms with van der Waals surface area (Å²) in [6, 6.07) is 0. The van der Waals surface area contributed by atoms with Gasteiger partial charge in [0.05, 0.1) is 10.4 Å². The van der Waals surface area contributed by atoms with Crippen LogP contribution in [0.2, 0.25) is 0 Å². The Balaban J connectivity index is 3.10. The molecule has 0 heterocycles. The van der Waals surface area contributed by atoms with Gasteiger partial charge in [-0.25, -0.2) is 0 Å². The highest BCUT2D eigenvalue weighted by Crippen LogP contribution is 2.07. The van der Waals surface area contributed by atoms with Gasteiger partial charge < -0.3 is 4.57 Å². The smallest absolute Gasteiger partial charge is 0.0784 e. The summed E-state index contributed by atoms with van der Waals surface area (Å²) in [5.74, 6) is 0. The molecule has 0 aliphatic heterocycles. The summed E-state index contributed by atoms with van der Waals surface area (Å²) >= 11 is 0. The minimum atomic E-state index is 1.26. The van der Waals surface area contributed by atoms with Crippen molar-refractivity contribution in [3.05, 3.63) is 0 Å². The zero-order valence-corrected chi connectivity index (χ0v) is 15.3. The Bertz CT molecular complexity index is 134. The molecule has 0 aromatic rings. The third-order valence-electron chi connectivity index (χ3n) is 3.79. The lowest BCUT2D eigenvalue weighted by molar-refractivity contribution is 0.411. The maximum absolute atomic E-state index is 2.67. The summed E-state index contributed by atoms with van der Waals surface area (Å²) in [4.78, 5) is 0. The van der Waals surface area contributed by atoms with Crippen molar-refractivity contribution in [1.29, 1.82) is 0 Å². The highest BCUT2D eigenvalue weighted by molar-refractivity contribution is 6.04. The highest BCUT2D eigenvalue weighted by atomic mass is 28.2. The quantitative estimate of drug-likeness (QED) is 0.336. The normalized spacial score (nSPS) is 11.5. The Morgan fingerprint density at radius 1 is 0.556 bits per heavy atom. The van der Waals surface area contributed by atoms with Crippen LogP contribution in [0.3, 0.4) is 0 Å². The molecule has 0 rings (SSSR count). The van der Waals surface area contributed by atoms with Gasteiger partial charge in [0.2, 0.25) is 0 Å². The van der Waals surface area contributed by atoms with Gasteiger partial charge in [-0.3, -0.25) is 0 Å². The summed E-state index contributed by atoms with van der Waals surface area (Å²) in [5, 5.41) is 0. The van der Waals surface area contributed by atoms with Gasteiger partial charge in [0.15, 0.2) is 0 Å². The van der Waals surface area contributed by atoms with E-state index in [1.54, 1.807) is 0 Å². The van der Waals surface area contributed by atoms with E-state index in [0.29, 0.717) is 0 Å². The van der Waals surface area contributed by atoms with Gasteiger partial charge in [-0.05, 0) is 25.9 Å². The number of rotatable bonds is 14. The van der Waals surface area contributed by atoms with Crippen molar-refractivity contribution in [3.8, 4) is 0 Å². The third-order valence-corrected chi connectivity index (χ3v) is 4.68. The van der Waals surface area contributed by atoms with Crippen LogP contribution in [0, 0.1) is 0 Å². The van der Waals surface area contributed by atoms with Crippen LogP contribution < -0.4 is 0 Å². The first-order chi connectivity index (χ1) is 8.81. The first-order valence-corrected chi connectivity index (χ1v) is 9.39. The molecule has 0 spiro atoms. The van der Waals surface area contributed by atoms with Crippen LogP contribution in [-0.2, 0) is 0 Å². The maximum Gasteiger partial charge on any atom is 0.0784 e. The first kappa shape index (κ1) is 18.2. The van der Waals surface area contributed by atoms with E-state index in [2.05, 4.69) is 18.4 Å². The van der Waals surface area contributed by atoms with Gasteiger partial charge in [0, 0.05) is 0 Å². The summed E-state index contributed by atoms with van der Waals surface area (Å²) in [6.07, 6.45) is 17.2. The minimum Gasteiger partial charge on any atom is -0.332 e. The van der Waals surface area contributed by atoms with Crippen LogP contribution >= 0.6 is 0 Å². The molecule has 110 valence electrons. The SMILES string of the molecule is CCCCCCCCN([SiH3])CCCCCCCC. The molecule has 0 aromatic heterocycles. The Labute approximate surface area is 119 Å². The topological polar surface area (TPSA) is 3.24 Å². The van der Waals surface area contributed by atoms with Crippen LogP contribution in [0.25, 0.3) is 0 Å². The fraction of sp³-hybridized carbons (Fsp3) is 1.00. The number of unbranched alkanes of at least 4 members (excludes halogenated alkanes) is 10. The molecule has 0 radical (unpaired) electrons. The Kier molecular flexibility index (Phi) is 15.4. The van der Waals surface area contributed by atoms with E-state index in [1.807, 2.05) is 0 Å². The molecule has 0 atom stereocenters. The van der Waals surface area contributed by atoms with E-state index in [4.69, 9.17) is 0 Å². The zero-order chi connectivity index (χ0) is 13.5. The largest absolute Gasteiger partial charge is 0.332 e. The lowest BCUT2D eigenvalue weighted by Crippen LogP contribution is -2.22. The van der Waals surface area contributed by atoms with Crippen LogP contribution in [0.5, 0.6) is 0 Å². The molecule has 0 aliphatic rings. The molecule has 0 saturated carbocycles. The van der Waals surface area contributed by atoms with Crippen molar-refractivity contribution in [2.24, 2.45) is 0 Å². The molecule has 0 unspecified atom stereocenters. The van der Waals surface area contributed by atoms with Crippen molar-refractivity contribution < 1.29 is 0 Å². The Morgan fingerprint density at radius 2 is 0.889 bits per heavy atom. The standard InChI is InChI=1S/C16H37NSi/c1-3-5-7-9-11-13-15-17(18)16-14-12-10-8-6-4-2/h3-16H2,1-2,18H3. The molecule has 0 aliphatic carbocycles. The monoisotopic (exact) mass is 271 g/mol. The average Bonchev–Trinajstić information content (AvgIpc) is 2.38. The van der Waals surface area contributed by atoms with E-state index >= 15 is 0 Å². The number of hydrogen-bond donors (Lipinski definition) is 0. The summed E-state index contributed by atoms with van der Waals surface area (Å²) in [5.41, 5.74) is 0. The molecule has 0 aromatic carbocycles. The fourth-order valence-electron chi connectivity index (χ4n) is 2.44. The summed E-state index contributed by atoms with van der Waals surface area (Å²) in [6.45, 7) is 7.32. The van der Waals surface area contributed by atoms with Gasteiger partial charge in [-0.2, -0.15) is 0 Å². The summed E-state index contributed by atoms with van der Waals surface area (Å²) in [7, 11) is 1.26. The van der Waals surface area contributed by atoms with E-state index in [9.17, 15) is 0 Å². The molecule has 18 heavy (non-hydrogen) atoms. The molecule has 0 bridgehead atoms. The molecular formula is C16H37NSi. The van der Waals surface area contributed by atoms with E-state index in [0.717, 1.165) is 0 Å². The molecule has 0 fully saturated rings. The highest BCUT2D eigenvalue weighted by Gasteiger charge is 1.98. The zero-order valence-electron chi connectivity index (χ0n) is 13.3. The van der Waals surface area contributed by atoms with Crippen molar-refractivity contribution in [2.45, 2.75) is 90.9 Å². The molecule has 2 heteroatoms. The molecule has 0 saturated heterocycles. The van der Waals surface area contributed by atoms with Gasteiger partial charge in [0.1, 0.15) is 0 Å². The maximum atomic E-state index is 2.67. The lowest BCUT2D eigenvalue weighted by Gasteiger charge is -2.16. The predicted octanol–water partition coefficient (Wildman–Crippen LogP) is 4.29. The van der Waals surface area contributed by atoms with Crippen LogP contribution in [0.4, 0.5) is 0 Å². The number of hydrogen-bond acceptors (Lipinski definition) is 1. The molecular weight excluding hydrogens is 234 g/mol. The summed E-state index contributed by atoms with van der Waals surface area (Å²) < 4.78 is 2.67. The molecule has 0 N–H and O–H groups in total. The third kappa shape index (κ3) is 14.2. The van der Waals surface area contributed by atoms with Gasteiger partial charge in [0.25, 0.3) is 0 Å². The van der Waals surface area contributed by atoms with Crippen molar-refractivity contribution in [2.75, 3.05) is 13.1 Å². The molecule has 0 amide bonds. The van der Waals surface area contributed by atoms with Gasteiger partial charge in [-0.1, -0.05) is 78.1 Å². The Morgan fingerprint density at radius 3 is 1.28 bits per heavy atom. The van der Waals surface area contributed by atoms with Crippen LogP contribution in [-0.4, -0.2) is 28.1 Å². The van der Waals surface area contributed by atoms with Gasteiger partial charge in [-0.15, -0.1) is 0 Å². The molecule has 1 nitrogen and oxygen atoms in total. The van der Waals surface area contributed by atoms with Crippen molar-refractivity contribution in [3.63, 3.8) is 0 Å². The Hall–Kier alpha value is 0.177. The van der Waals surface area contributed by atoms with Crippen LogP contribution in [0.1, 0.15) is 90.9 Å². The van der Waals surface area contributed by atoms with Crippen molar-refractivity contribution in [1.82, 2.24) is 4.57 Å². The lowest BCUT2D eigenvalue weighted by atomic mass is 10.1. The van der Waals surface area contributed by atoms with Gasteiger partial charge >= 0.3 is 0 Å². The van der Waals surface area contributed by atoms with E-state index in [1.165, 1.54) is 101 Å². The second-order valence-corrected chi connectivity index (χ2v) is 7.10. The fourth-order valence-corrected chi connectivity index (χ4v) is 3.07. The number of nitrogens with zero attached hydrogens (tertiary/aromatic N) is 1. The van der Waals surface area contributed by atoms with Crippen molar-refractivity contribution >= 4 is 10.4 Å². The van der Waals surface area contributed by atoms with E-state index < -0.39 is 0 Å².